The minimum atomic E-state index is -1.29. The Morgan fingerprint density at radius 1 is 1.52 bits per heavy atom. The fraction of sp³-hybridized carbons (Fsp3) is 0.500. The van der Waals surface area contributed by atoms with Crippen molar-refractivity contribution < 1.29 is 14.8 Å². The van der Waals surface area contributed by atoms with Crippen LogP contribution < -0.4 is 5.32 Å². The molecule has 1 aromatic carbocycles. The van der Waals surface area contributed by atoms with Crippen molar-refractivity contribution in [3.05, 3.63) is 33.9 Å². The molecule has 0 aromatic heterocycles. The van der Waals surface area contributed by atoms with Crippen LogP contribution in [0, 0.1) is 10.1 Å². The lowest BCUT2D eigenvalue weighted by atomic mass is 10.0. The Hall–Kier alpha value is -2.15. The highest BCUT2D eigenvalue weighted by molar-refractivity contribution is 5.95. The van der Waals surface area contributed by atoms with Crippen molar-refractivity contribution >= 4 is 17.3 Å². The highest BCUT2D eigenvalue weighted by Crippen LogP contribution is 2.29. The van der Waals surface area contributed by atoms with Crippen molar-refractivity contribution in [2.24, 2.45) is 0 Å². The van der Waals surface area contributed by atoms with Crippen molar-refractivity contribution in [2.45, 2.75) is 25.3 Å². The van der Waals surface area contributed by atoms with Crippen LogP contribution in [-0.4, -0.2) is 47.1 Å². The van der Waals surface area contributed by atoms with Crippen LogP contribution in [-0.2, 0) is 0 Å². The second-order valence-corrected chi connectivity index (χ2v) is 5.28. The van der Waals surface area contributed by atoms with Crippen LogP contribution >= 0.6 is 0 Å². The number of piperidine rings is 1. The zero-order valence-corrected chi connectivity index (χ0v) is 11.9. The van der Waals surface area contributed by atoms with E-state index in [0.717, 1.165) is 19.4 Å². The van der Waals surface area contributed by atoms with Gasteiger partial charge in [0.05, 0.1) is 4.92 Å². The second kappa shape index (κ2) is 6.53. The van der Waals surface area contributed by atoms with Gasteiger partial charge in [0.1, 0.15) is 11.3 Å². The van der Waals surface area contributed by atoms with Crippen LogP contribution in [0.3, 0.4) is 0 Å². The maximum atomic E-state index is 11.2. The molecule has 1 aromatic rings. The third-order valence-electron chi connectivity index (χ3n) is 3.90. The molecular formula is C14H19N3O4. The SMILES string of the molecule is CN1CCCCC1CNc1cccc(C(=O)O)c1[N+](=O)[O-]. The van der Waals surface area contributed by atoms with E-state index in [0.29, 0.717) is 12.6 Å². The molecule has 114 valence electrons. The maximum Gasteiger partial charge on any atom is 0.342 e. The van der Waals surface area contributed by atoms with Gasteiger partial charge >= 0.3 is 11.7 Å². The Morgan fingerprint density at radius 3 is 2.90 bits per heavy atom. The van der Waals surface area contributed by atoms with E-state index in [1.54, 1.807) is 6.07 Å². The molecule has 0 amide bonds. The molecule has 1 saturated heterocycles. The third kappa shape index (κ3) is 3.49. The van der Waals surface area contributed by atoms with Gasteiger partial charge in [0.25, 0.3) is 0 Å². The van der Waals surface area contributed by atoms with Gasteiger partial charge in [-0.15, -0.1) is 0 Å². The van der Waals surface area contributed by atoms with Gasteiger partial charge in [0, 0.05) is 12.6 Å². The van der Waals surface area contributed by atoms with Crippen LogP contribution in [0.4, 0.5) is 11.4 Å². The van der Waals surface area contributed by atoms with Crippen molar-refractivity contribution in [3.8, 4) is 0 Å². The van der Waals surface area contributed by atoms with Gasteiger partial charge in [-0.3, -0.25) is 10.1 Å². The molecular weight excluding hydrogens is 274 g/mol. The molecule has 7 heteroatoms. The summed E-state index contributed by atoms with van der Waals surface area (Å²) in [5.41, 5.74) is -0.399. The monoisotopic (exact) mass is 293 g/mol. The molecule has 1 fully saturated rings. The van der Waals surface area contributed by atoms with Crippen LogP contribution in [0.25, 0.3) is 0 Å². The first-order valence-corrected chi connectivity index (χ1v) is 6.95. The lowest BCUT2D eigenvalue weighted by molar-refractivity contribution is -0.384. The van der Waals surface area contributed by atoms with Crippen molar-refractivity contribution in [3.63, 3.8) is 0 Å². The third-order valence-corrected chi connectivity index (χ3v) is 3.90. The van der Waals surface area contributed by atoms with Crippen LogP contribution in [0.1, 0.15) is 29.6 Å². The molecule has 0 saturated carbocycles. The van der Waals surface area contributed by atoms with Gasteiger partial charge in [-0.1, -0.05) is 12.5 Å². The summed E-state index contributed by atoms with van der Waals surface area (Å²) in [6, 6.07) is 4.63. The molecule has 1 atom stereocenters. The zero-order chi connectivity index (χ0) is 15.4. The summed E-state index contributed by atoms with van der Waals surface area (Å²) in [5, 5.41) is 23.3. The molecule has 2 N–H and O–H groups in total. The number of nitrogens with zero attached hydrogens (tertiary/aromatic N) is 2. The fourth-order valence-electron chi connectivity index (χ4n) is 2.69. The molecule has 21 heavy (non-hydrogen) atoms. The number of carboxylic acids is 1. The number of carbonyl (C=O) groups is 1. The van der Waals surface area contributed by atoms with Gasteiger partial charge in [0.15, 0.2) is 0 Å². The van der Waals surface area contributed by atoms with Crippen molar-refractivity contribution in [1.29, 1.82) is 0 Å². The molecule has 1 aliphatic rings. The number of benzene rings is 1. The Bertz CT molecular complexity index is 547. The van der Waals surface area contributed by atoms with Crippen molar-refractivity contribution in [2.75, 3.05) is 25.5 Å². The minimum Gasteiger partial charge on any atom is -0.477 e. The number of nitrogens with one attached hydrogen (secondary N) is 1. The number of nitro benzene ring substituents is 1. The number of likely N-dealkylation sites (tertiary alicyclic amines) is 1. The first-order chi connectivity index (χ1) is 10.0. The smallest absolute Gasteiger partial charge is 0.342 e. The topological polar surface area (TPSA) is 95.7 Å². The quantitative estimate of drug-likeness (QED) is 0.638. The van der Waals surface area contributed by atoms with Gasteiger partial charge in [0.2, 0.25) is 0 Å². The van der Waals surface area contributed by atoms with Gasteiger partial charge in [-0.05, 0) is 38.6 Å². The van der Waals surface area contributed by atoms with E-state index >= 15 is 0 Å². The first kappa shape index (κ1) is 15.2. The Labute approximate surface area is 122 Å². The molecule has 1 heterocycles. The average molecular weight is 293 g/mol. The highest BCUT2D eigenvalue weighted by Gasteiger charge is 2.25. The normalized spacial score (nSPS) is 19.2. The Morgan fingerprint density at radius 2 is 2.29 bits per heavy atom. The number of carboxylic acid groups (broad SMARTS) is 1. The molecule has 0 aliphatic carbocycles. The summed E-state index contributed by atoms with van der Waals surface area (Å²) in [5.74, 6) is -1.29. The fourth-order valence-corrected chi connectivity index (χ4v) is 2.69. The molecule has 0 radical (unpaired) electrons. The largest absolute Gasteiger partial charge is 0.477 e. The van der Waals surface area contributed by atoms with E-state index in [2.05, 4.69) is 10.2 Å². The zero-order valence-electron chi connectivity index (χ0n) is 11.9. The average Bonchev–Trinajstić information content (AvgIpc) is 2.45. The van der Waals surface area contributed by atoms with E-state index in [-0.39, 0.29) is 16.9 Å². The highest BCUT2D eigenvalue weighted by atomic mass is 16.6. The van der Waals surface area contributed by atoms with Crippen LogP contribution in [0.5, 0.6) is 0 Å². The number of anilines is 1. The van der Waals surface area contributed by atoms with E-state index in [4.69, 9.17) is 5.11 Å². The Kier molecular flexibility index (Phi) is 4.74. The summed E-state index contributed by atoms with van der Waals surface area (Å²) < 4.78 is 0. The van der Waals surface area contributed by atoms with E-state index < -0.39 is 10.9 Å². The molecule has 1 unspecified atom stereocenters. The van der Waals surface area contributed by atoms with E-state index in [9.17, 15) is 14.9 Å². The number of hydrogen-bond acceptors (Lipinski definition) is 5. The van der Waals surface area contributed by atoms with Gasteiger partial charge < -0.3 is 15.3 Å². The summed E-state index contributed by atoms with van der Waals surface area (Å²) in [4.78, 5) is 23.8. The van der Waals surface area contributed by atoms with Gasteiger partial charge in [-0.25, -0.2) is 4.79 Å². The maximum absolute atomic E-state index is 11.2. The summed E-state index contributed by atoms with van der Waals surface area (Å²) >= 11 is 0. The minimum absolute atomic E-state index is 0.263. The van der Waals surface area contributed by atoms with Gasteiger partial charge in [-0.2, -0.15) is 0 Å². The Balaban J connectivity index is 2.17. The number of nitro groups is 1. The number of para-hydroxylation sites is 1. The predicted molar refractivity (Wildman–Crippen MR) is 78.8 cm³/mol. The van der Waals surface area contributed by atoms with Crippen molar-refractivity contribution in [1.82, 2.24) is 4.90 Å². The lowest BCUT2D eigenvalue weighted by Gasteiger charge is -2.32. The first-order valence-electron chi connectivity index (χ1n) is 6.95. The van der Waals surface area contributed by atoms with E-state index in [1.165, 1.54) is 18.6 Å². The van der Waals surface area contributed by atoms with Crippen LogP contribution in [0.15, 0.2) is 18.2 Å². The summed E-state index contributed by atoms with van der Waals surface area (Å²) in [6.07, 6.45) is 3.35. The number of aromatic carboxylic acids is 1. The molecule has 1 aliphatic heterocycles. The van der Waals surface area contributed by atoms with E-state index in [1.807, 2.05) is 7.05 Å². The van der Waals surface area contributed by atoms with Crippen LogP contribution in [0.2, 0.25) is 0 Å². The summed E-state index contributed by atoms with van der Waals surface area (Å²) in [6.45, 7) is 1.59. The lowest BCUT2D eigenvalue weighted by Crippen LogP contribution is -2.40. The number of hydrogen-bond donors (Lipinski definition) is 2. The molecule has 7 nitrogen and oxygen atoms in total. The number of rotatable bonds is 5. The molecule has 0 bridgehead atoms. The summed E-state index contributed by atoms with van der Waals surface area (Å²) in [7, 11) is 2.04. The molecule has 2 rings (SSSR count). The standard InChI is InChI=1S/C14H19N3O4/c1-16-8-3-2-5-10(16)9-15-12-7-4-6-11(14(18)19)13(12)17(20)21/h4,6-7,10,15H,2-3,5,8-9H2,1H3,(H,18,19). The number of likely N-dealkylation sites (N-methyl/N-ethyl adjacent to an activating group) is 1. The molecule has 0 spiro atoms. The second-order valence-electron chi connectivity index (χ2n) is 5.28. The predicted octanol–water partition coefficient (Wildman–Crippen LogP) is 2.19.